The second-order valence-corrected chi connectivity index (χ2v) is 5.57. The molecular weight excluding hydrogens is 288 g/mol. The summed E-state index contributed by atoms with van der Waals surface area (Å²) in [6.07, 6.45) is 0. The Bertz CT molecular complexity index is 485. The van der Waals surface area contributed by atoms with Gasteiger partial charge in [0.15, 0.2) is 0 Å². The maximum Gasteiger partial charge on any atom is 0.238 e. The topological polar surface area (TPSA) is 41.6 Å². The molecule has 0 saturated carbocycles. The van der Waals surface area contributed by atoms with Gasteiger partial charge in [-0.05, 0) is 49.9 Å². The number of anilines is 1. The molecule has 1 aliphatic heterocycles. The van der Waals surface area contributed by atoms with E-state index < -0.39 is 0 Å². The number of carbonyl (C=O) groups excluding carboxylic acids is 1. The van der Waals surface area contributed by atoms with Crippen molar-refractivity contribution in [3.05, 3.63) is 28.3 Å². The van der Waals surface area contributed by atoms with Crippen molar-refractivity contribution >= 4 is 24.0 Å². The van der Waals surface area contributed by atoms with Crippen molar-refractivity contribution in [2.75, 3.05) is 38.2 Å². The molecule has 0 atom stereocenters. The molecule has 5 heteroatoms. The number of benzene rings is 1. The Kier molecular flexibility index (Phi) is 6.65. The highest BCUT2D eigenvalue weighted by molar-refractivity contribution is 5.94. The molecule has 0 unspecified atom stereocenters. The molecule has 0 aliphatic carbocycles. The minimum absolute atomic E-state index is 0. The van der Waals surface area contributed by atoms with E-state index >= 15 is 0 Å². The maximum absolute atomic E-state index is 12.2. The van der Waals surface area contributed by atoms with E-state index in [1.54, 1.807) is 0 Å². The molecule has 1 aliphatic rings. The van der Waals surface area contributed by atoms with Crippen LogP contribution >= 0.6 is 12.4 Å². The molecule has 0 spiro atoms. The fourth-order valence-electron chi connectivity index (χ4n) is 2.55. The Hall–Kier alpha value is -1.10. The van der Waals surface area contributed by atoms with E-state index in [0.29, 0.717) is 6.54 Å². The van der Waals surface area contributed by atoms with Crippen LogP contribution in [0.5, 0.6) is 0 Å². The lowest BCUT2D eigenvalue weighted by atomic mass is 9.98. The van der Waals surface area contributed by atoms with E-state index in [2.05, 4.69) is 44.0 Å². The standard InChI is InChI=1S/C16H24N2O2.ClH/c1-11-9-12(2)14(4)16(13(11)3)17-15(19)10-18-5-7-20-8-6-18;/h9H,5-8,10H2,1-4H3,(H,17,19);1H. The maximum atomic E-state index is 12.2. The Balaban J connectivity index is 0.00000220. The monoisotopic (exact) mass is 312 g/mol. The lowest BCUT2D eigenvalue weighted by Crippen LogP contribution is -2.41. The molecule has 0 bridgehead atoms. The first-order valence-corrected chi connectivity index (χ1v) is 7.16. The SMILES string of the molecule is Cc1cc(C)c(C)c(NC(=O)CN2CCOCC2)c1C.Cl. The quantitative estimate of drug-likeness (QED) is 0.933. The molecule has 1 N–H and O–H groups in total. The molecule has 1 aromatic rings. The van der Waals surface area contributed by atoms with Crippen LogP contribution in [0.15, 0.2) is 6.07 Å². The normalized spacial score (nSPS) is 15.4. The molecular formula is C16H25ClN2O2. The van der Waals surface area contributed by atoms with Gasteiger partial charge in [0.25, 0.3) is 0 Å². The smallest absolute Gasteiger partial charge is 0.238 e. The van der Waals surface area contributed by atoms with Gasteiger partial charge in [-0.1, -0.05) is 6.07 Å². The molecule has 1 aromatic carbocycles. The summed E-state index contributed by atoms with van der Waals surface area (Å²) in [6, 6.07) is 2.17. The summed E-state index contributed by atoms with van der Waals surface area (Å²) in [4.78, 5) is 14.3. The number of amides is 1. The first-order chi connectivity index (χ1) is 9.49. The highest BCUT2D eigenvalue weighted by Crippen LogP contribution is 2.26. The van der Waals surface area contributed by atoms with Crippen molar-refractivity contribution in [2.24, 2.45) is 0 Å². The predicted molar refractivity (Wildman–Crippen MR) is 88.5 cm³/mol. The highest BCUT2D eigenvalue weighted by atomic mass is 35.5. The summed E-state index contributed by atoms with van der Waals surface area (Å²) in [6.45, 7) is 11.8. The fraction of sp³-hybridized carbons (Fsp3) is 0.562. The van der Waals surface area contributed by atoms with Gasteiger partial charge >= 0.3 is 0 Å². The van der Waals surface area contributed by atoms with Crippen molar-refractivity contribution in [1.82, 2.24) is 4.90 Å². The second kappa shape index (κ2) is 7.78. The number of hydrogen-bond acceptors (Lipinski definition) is 3. The predicted octanol–water partition coefficient (Wildman–Crippen LogP) is 2.61. The number of rotatable bonds is 3. The van der Waals surface area contributed by atoms with Gasteiger partial charge in [-0.2, -0.15) is 0 Å². The zero-order valence-electron chi connectivity index (χ0n) is 13.3. The molecule has 4 nitrogen and oxygen atoms in total. The molecule has 0 radical (unpaired) electrons. The Morgan fingerprint density at radius 2 is 1.67 bits per heavy atom. The number of nitrogens with zero attached hydrogens (tertiary/aromatic N) is 1. The molecule has 118 valence electrons. The van der Waals surface area contributed by atoms with Crippen LogP contribution in [0.25, 0.3) is 0 Å². The van der Waals surface area contributed by atoms with Gasteiger partial charge in [-0.3, -0.25) is 9.69 Å². The number of hydrogen-bond donors (Lipinski definition) is 1. The summed E-state index contributed by atoms with van der Waals surface area (Å²) >= 11 is 0. The van der Waals surface area contributed by atoms with E-state index in [0.717, 1.165) is 43.1 Å². The third-order valence-electron chi connectivity index (χ3n) is 4.10. The number of nitrogens with one attached hydrogen (secondary N) is 1. The summed E-state index contributed by atoms with van der Waals surface area (Å²) in [5.41, 5.74) is 5.72. The number of carbonyl (C=O) groups is 1. The zero-order chi connectivity index (χ0) is 14.7. The van der Waals surface area contributed by atoms with Crippen LogP contribution in [0, 0.1) is 27.7 Å². The molecule has 1 heterocycles. The van der Waals surface area contributed by atoms with Crippen LogP contribution in [0.2, 0.25) is 0 Å². The first kappa shape index (κ1) is 18.0. The minimum atomic E-state index is 0. The van der Waals surface area contributed by atoms with E-state index in [4.69, 9.17) is 4.74 Å². The van der Waals surface area contributed by atoms with Crippen molar-refractivity contribution < 1.29 is 9.53 Å². The molecule has 1 fully saturated rings. The molecule has 2 rings (SSSR count). The number of morpholine rings is 1. The number of aryl methyl sites for hydroxylation is 2. The second-order valence-electron chi connectivity index (χ2n) is 5.57. The van der Waals surface area contributed by atoms with Crippen LogP contribution < -0.4 is 5.32 Å². The lowest BCUT2D eigenvalue weighted by Gasteiger charge is -2.26. The molecule has 1 amide bonds. The van der Waals surface area contributed by atoms with Crippen molar-refractivity contribution in [2.45, 2.75) is 27.7 Å². The first-order valence-electron chi connectivity index (χ1n) is 7.16. The highest BCUT2D eigenvalue weighted by Gasteiger charge is 2.16. The average molecular weight is 313 g/mol. The van der Waals surface area contributed by atoms with Crippen LogP contribution in [-0.2, 0) is 9.53 Å². The molecule has 1 saturated heterocycles. The van der Waals surface area contributed by atoms with Crippen molar-refractivity contribution in [1.29, 1.82) is 0 Å². The summed E-state index contributed by atoms with van der Waals surface area (Å²) in [7, 11) is 0. The Labute approximate surface area is 133 Å². The van der Waals surface area contributed by atoms with Gasteiger partial charge in [0.1, 0.15) is 0 Å². The molecule has 21 heavy (non-hydrogen) atoms. The van der Waals surface area contributed by atoms with Gasteiger partial charge < -0.3 is 10.1 Å². The Morgan fingerprint density at radius 1 is 1.14 bits per heavy atom. The number of halogens is 1. The van der Waals surface area contributed by atoms with Gasteiger partial charge in [-0.25, -0.2) is 0 Å². The summed E-state index contributed by atoms with van der Waals surface area (Å²) in [5, 5.41) is 3.09. The van der Waals surface area contributed by atoms with Crippen LogP contribution in [0.3, 0.4) is 0 Å². The van der Waals surface area contributed by atoms with Gasteiger partial charge in [0.2, 0.25) is 5.91 Å². The van der Waals surface area contributed by atoms with E-state index in [9.17, 15) is 4.79 Å². The average Bonchev–Trinajstić information content (AvgIpc) is 2.42. The lowest BCUT2D eigenvalue weighted by molar-refractivity contribution is -0.118. The van der Waals surface area contributed by atoms with Crippen LogP contribution in [0.1, 0.15) is 22.3 Å². The minimum Gasteiger partial charge on any atom is -0.379 e. The Morgan fingerprint density at radius 3 is 2.19 bits per heavy atom. The fourth-order valence-corrected chi connectivity index (χ4v) is 2.55. The van der Waals surface area contributed by atoms with Crippen molar-refractivity contribution in [3.63, 3.8) is 0 Å². The third-order valence-corrected chi connectivity index (χ3v) is 4.10. The molecule has 0 aromatic heterocycles. The zero-order valence-corrected chi connectivity index (χ0v) is 14.1. The van der Waals surface area contributed by atoms with E-state index in [1.807, 2.05) is 0 Å². The van der Waals surface area contributed by atoms with Gasteiger partial charge in [0, 0.05) is 18.8 Å². The van der Waals surface area contributed by atoms with Crippen LogP contribution in [0.4, 0.5) is 5.69 Å². The summed E-state index contributed by atoms with van der Waals surface area (Å²) < 4.78 is 5.30. The van der Waals surface area contributed by atoms with E-state index in [1.165, 1.54) is 11.1 Å². The summed E-state index contributed by atoms with van der Waals surface area (Å²) in [5.74, 6) is 0.0584. The number of ether oxygens (including phenoxy) is 1. The van der Waals surface area contributed by atoms with Crippen molar-refractivity contribution in [3.8, 4) is 0 Å². The van der Waals surface area contributed by atoms with Gasteiger partial charge in [0.05, 0.1) is 19.8 Å². The van der Waals surface area contributed by atoms with Gasteiger partial charge in [-0.15, -0.1) is 12.4 Å². The van der Waals surface area contributed by atoms with Crippen LogP contribution in [-0.4, -0.2) is 43.7 Å². The largest absolute Gasteiger partial charge is 0.379 e. The van der Waals surface area contributed by atoms with E-state index in [-0.39, 0.29) is 18.3 Å². The third kappa shape index (κ3) is 4.43.